The predicted molar refractivity (Wildman–Crippen MR) is 51.8 cm³/mol. The van der Waals surface area contributed by atoms with E-state index in [0.29, 0.717) is 5.56 Å². The van der Waals surface area contributed by atoms with Crippen molar-refractivity contribution >= 4 is 10.8 Å². The van der Waals surface area contributed by atoms with Gasteiger partial charge in [-0.05, 0) is 23.8 Å². The Labute approximate surface area is 76.6 Å². The normalized spacial score (nSPS) is 9.77. The molecule has 0 unspecified atom stereocenters. The van der Waals surface area contributed by atoms with Gasteiger partial charge >= 0.3 is 0 Å². The smallest absolute Gasteiger partial charge is 0.131 e. The van der Waals surface area contributed by atoms with E-state index in [1.54, 1.807) is 6.07 Å². The Hall–Kier alpha value is -1.94. The third kappa shape index (κ3) is 1.13. The molecule has 1 radical (unpaired) electrons. The van der Waals surface area contributed by atoms with Crippen LogP contribution in [0.2, 0.25) is 0 Å². The third-order valence-corrected chi connectivity index (χ3v) is 2.03. The summed E-state index contributed by atoms with van der Waals surface area (Å²) in [6.45, 7) is 0. The van der Waals surface area contributed by atoms with Gasteiger partial charge < -0.3 is 5.11 Å². The molecule has 0 heterocycles. The van der Waals surface area contributed by atoms with Crippen LogP contribution < -0.4 is 0 Å². The first-order valence-corrected chi connectivity index (χ1v) is 3.96. The number of aromatic hydroxyl groups is 1. The second kappa shape index (κ2) is 2.84. The molecule has 2 aromatic rings. The van der Waals surface area contributed by atoms with Crippen molar-refractivity contribution in [1.82, 2.24) is 0 Å². The first-order chi connectivity index (χ1) is 6.33. The van der Waals surface area contributed by atoms with E-state index in [-0.39, 0.29) is 5.75 Å². The highest BCUT2D eigenvalue weighted by Crippen LogP contribution is 2.25. The molecule has 0 saturated carbocycles. The van der Waals surface area contributed by atoms with Crippen LogP contribution in [0.15, 0.2) is 36.4 Å². The molecular weight excluding hydrogens is 160 g/mol. The van der Waals surface area contributed by atoms with Gasteiger partial charge in [-0.25, -0.2) is 0 Å². The molecule has 1 N–H and O–H groups in total. The number of phenols is 1. The third-order valence-electron chi connectivity index (χ3n) is 2.03. The second-order valence-electron chi connectivity index (χ2n) is 2.81. The van der Waals surface area contributed by atoms with Gasteiger partial charge in [0, 0.05) is 5.39 Å². The zero-order valence-electron chi connectivity index (χ0n) is 6.91. The molecule has 0 amide bonds. The molecule has 0 saturated heterocycles. The van der Waals surface area contributed by atoms with E-state index in [1.807, 2.05) is 30.3 Å². The topological polar surface area (TPSA) is 20.2 Å². The maximum atomic E-state index is 9.43. The molecule has 2 rings (SSSR count). The lowest BCUT2D eigenvalue weighted by atomic mass is 10.0. The molecule has 13 heavy (non-hydrogen) atoms. The lowest BCUT2D eigenvalue weighted by molar-refractivity contribution is 0.474. The Morgan fingerprint density at radius 3 is 2.62 bits per heavy atom. The van der Waals surface area contributed by atoms with Crippen LogP contribution in [0.5, 0.6) is 5.75 Å². The monoisotopic (exact) mass is 167 g/mol. The molecule has 0 atom stereocenters. The largest absolute Gasteiger partial charge is 0.507 e. The summed E-state index contributed by atoms with van der Waals surface area (Å²) in [5, 5.41) is 11.3. The number of phenolic OH excluding ortho intramolecular Hbond substituents is 1. The van der Waals surface area contributed by atoms with E-state index >= 15 is 0 Å². The van der Waals surface area contributed by atoms with E-state index in [4.69, 9.17) is 6.42 Å². The highest BCUT2D eigenvalue weighted by Gasteiger charge is 2.02. The standard InChI is InChI=1S/C12H7O/c1-2-10-11-6-4-3-5-9(11)7-8-12(10)13/h3-8,13H. The van der Waals surface area contributed by atoms with Gasteiger partial charge in [-0.3, -0.25) is 0 Å². The van der Waals surface area contributed by atoms with Crippen molar-refractivity contribution in [2.75, 3.05) is 0 Å². The van der Waals surface area contributed by atoms with Crippen LogP contribution >= 0.6 is 0 Å². The van der Waals surface area contributed by atoms with Crippen molar-refractivity contribution in [1.29, 1.82) is 0 Å². The molecular formula is C12H7O. The van der Waals surface area contributed by atoms with Crippen LogP contribution in [0, 0.1) is 12.3 Å². The van der Waals surface area contributed by atoms with E-state index in [2.05, 4.69) is 5.92 Å². The van der Waals surface area contributed by atoms with Crippen LogP contribution in [0.3, 0.4) is 0 Å². The Balaban J connectivity index is 2.94. The van der Waals surface area contributed by atoms with Crippen LogP contribution in [0.25, 0.3) is 10.8 Å². The average Bonchev–Trinajstić information content (AvgIpc) is 2.18. The van der Waals surface area contributed by atoms with Crippen molar-refractivity contribution in [2.45, 2.75) is 0 Å². The fourth-order valence-electron chi connectivity index (χ4n) is 1.39. The quantitative estimate of drug-likeness (QED) is 0.597. The minimum absolute atomic E-state index is 0.105. The van der Waals surface area contributed by atoms with Gasteiger partial charge in [0.15, 0.2) is 0 Å². The number of fused-ring (bicyclic) bond motifs is 1. The van der Waals surface area contributed by atoms with Crippen LogP contribution in [0.1, 0.15) is 5.56 Å². The van der Waals surface area contributed by atoms with Crippen LogP contribution in [-0.2, 0) is 0 Å². The zero-order valence-corrected chi connectivity index (χ0v) is 6.91. The van der Waals surface area contributed by atoms with Crippen molar-refractivity contribution in [3.05, 3.63) is 48.4 Å². The Morgan fingerprint density at radius 1 is 1.08 bits per heavy atom. The molecule has 0 aromatic heterocycles. The first kappa shape index (κ1) is 7.70. The molecule has 0 aliphatic rings. The Kier molecular flexibility index (Phi) is 1.68. The highest BCUT2D eigenvalue weighted by atomic mass is 16.3. The lowest BCUT2D eigenvalue weighted by Crippen LogP contribution is -1.79. The first-order valence-electron chi connectivity index (χ1n) is 3.96. The predicted octanol–water partition coefficient (Wildman–Crippen LogP) is 2.48. The second-order valence-corrected chi connectivity index (χ2v) is 2.81. The number of rotatable bonds is 0. The van der Waals surface area contributed by atoms with Gasteiger partial charge in [-0.1, -0.05) is 30.3 Å². The maximum Gasteiger partial charge on any atom is 0.131 e. The Morgan fingerprint density at radius 2 is 1.85 bits per heavy atom. The van der Waals surface area contributed by atoms with Crippen LogP contribution in [-0.4, -0.2) is 5.11 Å². The fraction of sp³-hybridized carbons (Fsp3) is 0. The fourth-order valence-corrected chi connectivity index (χ4v) is 1.39. The molecule has 2 aromatic carbocycles. The molecule has 0 bridgehead atoms. The van der Waals surface area contributed by atoms with Gasteiger partial charge in [-0.15, -0.1) is 0 Å². The van der Waals surface area contributed by atoms with E-state index in [1.165, 1.54) is 0 Å². The molecule has 0 spiro atoms. The number of hydrogen-bond acceptors (Lipinski definition) is 1. The van der Waals surface area contributed by atoms with Crippen molar-refractivity contribution in [3.63, 3.8) is 0 Å². The van der Waals surface area contributed by atoms with E-state index in [9.17, 15) is 5.11 Å². The summed E-state index contributed by atoms with van der Waals surface area (Å²) in [4.78, 5) is 0. The summed E-state index contributed by atoms with van der Waals surface area (Å²) < 4.78 is 0. The number of hydrogen-bond donors (Lipinski definition) is 1. The molecule has 0 aliphatic heterocycles. The number of benzene rings is 2. The summed E-state index contributed by atoms with van der Waals surface area (Å²) in [6, 6.07) is 11.0. The van der Waals surface area contributed by atoms with Crippen LogP contribution in [0.4, 0.5) is 0 Å². The molecule has 61 valence electrons. The van der Waals surface area contributed by atoms with Crippen molar-refractivity contribution < 1.29 is 5.11 Å². The summed E-state index contributed by atoms with van der Waals surface area (Å²) in [7, 11) is 0. The SMILES string of the molecule is [C]#Cc1c(O)ccc2ccccc12. The summed E-state index contributed by atoms with van der Waals surface area (Å²) in [6.07, 6.45) is 7.06. The maximum absolute atomic E-state index is 9.43. The molecule has 0 fully saturated rings. The summed E-state index contributed by atoms with van der Waals surface area (Å²) in [5.41, 5.74) is 0.457. The molecule has 1 nitrogen and oxygen atoms in total. The molecule has 0 aliphatic carbocycles. The van der Waals surface area contributed by atoms with Crippen molar-refractivity contribution in [2.24, 2.45) is 0 Å². The van der Waals surface area contributed by atoms with E-state index < -0.39 is 0 Å². The van der Waals surface area contributed by atoms with Gasteiger partial charge in [0.2, 0.25) is 0 Å². The zero-order chi connectivity index (χ0) is 9.26. The van der Waals surface area contributed by atoms with Gasteiger partial charge in [-0.2, -0.15) is 0 Å². The van der Waals surface area contributed by atoms with E-state index in [0.717, 1.165) is 10.8 Å². The molecule has 1 heteroatoms. The van der Waals surface area contributed by atoms with Gasteiger partial charge in [0.1, 0.15) is 5.75 Å². The summed E-state index contributed by atoms with van der Waals surface area (Å²) >= 11 is 0. The highest BCUT2D eigenvalue weighted by molar-refractivity contribution is 5.90. The average molecular weight is 167 g/mol. The van der Waals surface area contributed by atoms with Gasteiger partial charge in [0.25, 0.3) is 0 Å². The Bertz CT molecular complexity index is 492. The van der Waals surface area contributed by atoms with Gasteiger partial charge in [0.05, 0.1) is 5.56 Å². The minimum atomic E-state index is 0.105. The minimum Gasteiger partial charge on any atom is -0.507 e. The summed E-state index contributed by atoms with van der Waals surface area (Å²) in [5.74, 6) is 2.34. The van der Waals surface area contributed by atoms with Crippen molar-refractivity contribution in [3.8, 4) is 11.7 Å². The lowest BCUT2D eigenvalue weighted by Gasteiger charge is -2.01.